The van der Waals surface area contributed by atoms with Crippen LogP contribution in [0.15, 0.2) is 77.6 Å². The van der Waals surface area contributed by atoms with Crippen LogP contribution in [0.3, 0.4) is 0 Å². The molecule has 9 heteroatoms. The van der Waals surface area contributed by atoms with Gasteiger partial charge in [0, 0.05) is 30.1 Å². The Hall–Kier alpha value is -4.24. The summed E-state index contributed by atoms with van der Waals surface area (Å²) in [6, 6.07) is 17.4. The molecule has 5 rings (SSSR count). The van der Waals surface area contributed by atoms with Crippen molar-refractivity contribution in [2.24, 2.45) is 5.73 Å². The highest BCUT2D eigenvalue weighted by molar-refractivity contribution is 5.76. The quantitative estimate of drug-likeness (QED) is 0.468. The minimum Gasteiger partial charge on any atom is -0.332 e. The first kappa shape index (κ1) is 18.8. The first-order valence-electron chi connectivity index (χ1n) is 9.49. The number of rotatable bonds is 5. The Morgan fingerprint density at radius 3 is 2.45 bits per heavy atom. The average molecular weight is 413 g/mol. The number of benzene rings is 2. The second kappa shape index (κ2) is 7.88. The Balaban J connectivity index is 1.63. The Kier molecular flexibility index (Phi) is 4.77. The summed E-state index contributed by atoms with van der Waals surface area (Å²) in [7, 11) is 0. The average Bonchev–Trinajstić information content (AvgIpc) is 3.47. The molecule has 0 bridgehead atoms. The predicted molar refractivity (Wildman–Crippen MR) is 111 cm³/mol. The Labute approximate surface area is 176 Å². The molecule has 3 aromatic heterocycles. The molecule has 0 aliphatic heterocycles. The number of halogens is 1. The lowest BCUT2D eigenvalue weighted by atomic mass is 10.1. The number of nitrogens with two attached hydrogens (primary N) is 1. The summed E-state index contributed by atoms with van der Waals surface area (Å²) in [6.07, 6.45) is 3.27. The zero-order valence-electron chi connectivity index (χ0n) is 16.2. The highest BCUT2D eigenvalue weighted by Crippen LogP contribution is 2.32. The molecule has 3 heterocycles. The maximum Gasteiger partial charge on any atom is 0.281 e. The summed E-state index contributed by atoms with van der Waals surface area (Å²) in [5, 5.41) is 12.5. The van der Waals surface area contributed by atoms with E-state index in [-0.39, 0.29) is 11.6 Å². The van der Waals surface area contributed by atoms with Crippen molar-refractivity contribution in [2.75, 3.05) is 0 Å². The van der Waals surface area contributed by atoms with Gasteiger partial charge < -0.3 is 10.3 Å². The van der Waals surface area contributed by atoms with Gasteiger partial charge in [-0.2, -0.15) is 4.98 Å². The molecule has 0 atom stereocenters. The molecule has 0 fully saturated rings. The Bertz CT molecular complexity index is 1330. The minimum atomic E-state index is -0.430. The monoisotopic (exact) mass is 413 g/mol. The second-order valence-electron chi connectivity index (χ2n) is 6.71. The van der Waals surface area contributed by atoms with Gasteiger partial charge in [-0.3, -0.25) is 4.98 Å². The second-order valence-corrected chi connectivity index (χ2v) is 6.71. The summed E-state index contributed by atoms with van der Waals surface area (Å²) in [6.45, 7) is 0.451. The standard InChI is InChI=1S/C22H16FN7O/c23-17-3-1-2-4-18(17)30-20(15-9-11-25-12-10-15)19(27-29-30)22-26-21(28-31-22)16-7-5-14(13-24)6-8-16/h1-12H,13,24H2. The topological polar surface area (TPSA) is 109 Å². The zero-order chi connectivity index (χ0) is 21.2. The Morgan fingerprint density at radius 1 is 0.935 bits per heavy atom. The molecule has 2 N–H and O–H groups in total. The highest BCUT2D eigenvalue weighted by Gasteiger charge is 2.24. The van der Waals surface area contributed by atoms with Crippen LogP contribution < -0.4 is 5.73 Å². The molecule has 0 saturated carbocycles. The summed E-state index contributed by atoms with van der Waals surface area (Å²) in [4.78, 5) is 8.54. The molecule has 5 aromatic rings. The molecule has 0 aliphatic carbocycles. The van der Waals surface area contributed by atoms with Crippen LogP contribution in [-0.2, 0) is 6.54 Å². The lowest BCUT2D eigenvalue weighted by Crippen LogP contribution is -2.02. The molecule has 0 amide bonds. The third-order valence-corrected chi connectivity index (χ3v) is 4.78. The molecule has 0 aliphatic rings. The van der Waals surface area contributed by atoms with Crippen LogP contribution in [0.1, 0.15) is 5.56 Å². The lowest BCUT2D eigenvalue weighted by Gasteiger charge is -2.08. The van der Waals surface area contributed by atoms with E-state index in [2.05, 4.69) is 25.4 Å². The fourth-order valence-electron chi connectivity index (χ4n) is 3.21. The van der Waals surface area contributed by atoms with Crippen molar-refractivity contribution in [2.45, 2.75) is 6.54 Å². The predicted octanol–water partition coefficient (Wildman–Crippen LogP) is 3.64. The van der Waals surface area contributed by atoms with Gasteiger partial charge in [0.25, 0.3) is 5.89 Å². The molecule has 2 aromatic carbocycles. The van der Waals surface area contributed by atoms with Crippen LogP contribution in [0.2, 0.25) is 0 Å². The molecular formula is C22H16FN7O. The molecular weight excluding hydrogens is 397 g/mol. The molecule has 152 valence electrons. The SMILES string of the molecule is NCc1ccc(-c2noc(-c3nnn(-c4ccccc4F)c3-c3ccncc3)n2)cc1. The largest absolute Gasteiger partial charge is 0.332 e. The third-order valence-electron chi connectivity index (χ3n) is 4.78. The number of nitrogens with zero attached hydrogens (tertiary/aromatic N) is 6. The maximum atomic E-state index is 14.5. The van der Waals surface area contributed by atoms with Crippen LogP contribution in [0.4, 0.5) is 4.39 Å². The van der Waals surface area contributed by atoms with Crippen molar-refractivity contribution < 1.29 is 8.91 Å². The lowest BCUT2D eigenvalue weighted by molar-refractivity contribution is 0.431. The van der Waals surface area contributed by atoms with Gasteiger partial charge >= 0.3 is 0 Å². The van der Waals surface area contributed by atoms with Gasteiger partial charge in [0.1, 0.15) is 17.2 Å². The van der Waals surface area contributed by atoms with E-state index >= 15 is 0 Å². The third kappa shape index (κ3) is 3.47. The zero-order valence-corrected chi connectivity index (χ0v) is 16.2. The summed E-state index contributed by atoms with van der Waals surface area (Å²) in [5.74, 6) is 0.146. The van der Waals surface area contributed by atoms with Gasteiger partial charge in [-0.05, 0) is 29.8 Å². The molecule has 8 nitrogen and oxygen atoms in total. The first-order valence-corrected chi connectivity index (χ1v) is 9.49. The van der Waals surface area contributed by atoms with Crippen LogP contribution in [0.5, 0.6) is 0 Å². The van der Waals surface area contributed by atoms with E-state index in [1.165, 1.54) is 10.7 Å². The smallest absolute Gasteiger partial charge is 0.281 e. The fraction of sp³-hybridized carbons (Fsp3) is 0.0455. The van der Waals surface area contributed by atoms with Crippen LogP contribution in [0.25, 0.3) is 39.9 Å². The van der Waals surface area contributed by atoms with E-state index in [9.17, 15) is 4.39 Å². The number of hydrogen-bond donors (Lipinski definition) is 1. The van der Waals surface area contributed by atoms with Crippen molar-refractivity contribution >= 4 is 0 Å². The Morgan fingerprint density at radius 2 is 1.71 bits per heavy atom. The van der Waals surface area contributed by atoms with Crippen molar-refractivity contribution in [3.05, 3.63) is 84.4 Å². The summed E-state index contributed by atoms with van der Waals surface area (Å²) < 4.78 is 21.4. The van der Waals surface area contributed by atoms with E-state index in [4.69, 9.17) is 10.3 Å². The summed E-state index contributed by atoms with van der Waals surface area (Å²) in [5.41, 5.74) is 9.27. The van der Waals surface area contributed by atoms with Crippen LogP contribution in [-0.4, -0.2) is 30.1 Å². The van der Waals surface area contributed by atoms with E-state index in [1.54, 1.807) is 42.7 Å². The van der Waals surface area contributed by atoms with Gasteiger partial charge in [0.05, 0.1) is 0 Å². The van der Waals surface area contributed by atoms with E-state index in [0.717, 1.165) is 16.7 Å². The van der Waals surface area contributed by atoms with E-state index in [1.807, 2.05) is 24.3 Å². The highest BCUT2D eigenvalue weighted by atomic mass is 19.1. The molecule has 0 unspecified atom stereocenters. The normalized spacial score (nSPS) is 11.0. The molecule has 0 radical (unpaired) electrons. The van der Waals surface area contributed by atoms with Crippen LogP contribution >= 0.6 is 0 Å². The first-order chi connectivity index (χ1) is 15.2. The maximum absolute atomic E-state index is 14.5. The van der Waals surface area contributed by atoms with Crippen molar-refractivity contribution in [3.63, 3.8) is 0 Å². The molecule has 0 saturated heterocycles. The summed E-state index contributed by atoms with van der Waals surface area (Å²) >= 11 is 0. The van der Waals surface area contributed by atoms with Crippen molar-refractivity contribution in [1.29, 1.82) is 0 Å². The molecule has 31 heavy (non-hydrogen) atoms. The van der Waals surface area contributed by atoms with Crippen LogP contribution in [0, 0.1) is 5.82 Å². The van der Waals surface area contributed by atoms with Crippen molar-refractivity contribution in [3.8, 4) is 39.9 Å². The number of aromatic nitrogens is 6. The number of pyridine rings is 1. The van der Waals surface area contributed by atoms with Gasteiger partial charge in [-0.15, -0.1) is 5.10 Å². The van der Waals surface area contributed by atoms with E-state index in [0.29, 0.717) is 23.8 Å². The van der Waals surface area contributed by atoms with Gasteiger partial charge in [0.15, 0.2) is 5.69 Å². The minimum absolute atomic E-state index is 0.173. The van der Waals surface area contributed by atoms with E-state index < -0.39 is 5.82 Å². The number of para-hydroxylation sites is 1. The van der Waals surface area contributed by atoms with Gasteiger partial charge in [0.2, 0.25) is 5.82 Å². The van der Waals surface area contributed by atoms with Gasteiger partial charge in [-0.1, -0.05) is 46.8 Å². The van der Waals surface area contributed by atoms with Gasteiger partial charge in [-0.25, -0.2) is 9.07 Å². The molecule has 0 spiro atoms. The van der Waals surface area contributed by atoms with Crippen molar-refractivity contribution in [1.82, 2.24) is 30.1 Å². The number of hydrogen-bond acceptors (Lipinski definition) is 7. The fourth-order valence-corrected chi connectivity index (χ4v) is 3.21.